The van der Waals surface area contributed by atoms with Crippen molar-refractivity contribution in [1.29, 1.82) is 0 Å². The average molecular weight is 415 g/mol. The van der Waals surface area contributed by atoms with Gasteiger partial charge in [-0.05, 0) is 60.0 Å². The van der Waals surface area contributed by atoms with Crippen LogP contribution in [-0.4, -0.2) is 22.9 Å². The number of aliphatic imine (C=N–C) groups is 1. The van der Waals surface area contributed by atoms with E-state index in [4.69, 9.17) is 0 Å². The SMILES string of the molecule is C=C(O)c1ccc(-c2cn(-c3ccc(F)cc3)c3cc(C=NC)c(C)cc23)cc1.CC. The Balaban J connectivity index is 0.00000132. The maximum Gasteiger partial charge on any atom is 0.123 e. The fourth-order valence-corrected chi connectivity index (χ4v) is 3.56. The van der Waals surface area contributed by atoms with Crippen LogP contribution in [0.5, 0.6) is 0 Å². The van der Waals surface area contributed by atoms with Gasteiger partial charge in [-0.25, -0.2) is 4.39 Å². The second kappa shape index (κ2) is 9.43. The molecule has 0 saturated carbocycles. The summed E-state index contributed by atoms with van der Waals surface area (Å²) < 4.78 is 15.5. The molecule has 1 heterocycles. The van der Waals surface area contributed by atoms with Crippen LogP contribution in [0.3, 0.4) is 0 Å². The minimum absolute atomic E-state index is 0.0460. The quantitative estimate of drug-likeness (QED) is 0.275. The van der Waals surface area contributed by atoms with Gasteiger partial charge in [0.2, 0.25) is 0 Å². The molecule has 0 saturated heterocycles. The molecule has 1 aromatic heterocycles. The van der Waals surface area contributed by atoms with Crippen molar-refractivity contribution in [3.8, 4) is 16.8 Å². The summed E-state index contributed by atoms with van der Waals surface area (Å²) in [4.78, 5) is 4.16. The van der Waals surface area contributed by atoms with Crippen LogP contribution in [0.15, 0.2) is 78.4 Å². The van der Waals surface area contributed by atoms with Crippen molar-refractivity contribution >= 4 is 22.9 Å². The summed E-state index contributed by atoms with van der Waals surface area (Å²) in [7, 11) is 1.75. The number of aliphatic hydroxyl groups excluding tert-OH is 1. The Morgan fingerprint density at radius 2 is 1.68 bits per heavy atom. The number of aryl methyl sites for hydroxylation is 1. The van der Waals surface area contributed by atoms with Gasteiger partial charge < -0.3 is 9.67 Å². The first-order chi connectivity index (χ1) is 15.0. The van der Waals surface area contributed by atoms with E-state index in [0.29, 0.717) is 5.56 Å². The lowest BCUT2D eigenvalue weighted by Crippen LogP contribution is -1.94. The van der Waals surface area contributed by atoms with Crippen molar-refractivity contribution < 1.29 is 9.50 Å². The van der Waals surface area contributed by atoms with E-state index in [1.165, 1.54) is 12.1 Å². The molecule has 0 spiro atoms. The summed E-state index contributed by atoms with van der Waals surface area (Å²) in [6.45, 7) is 9.64. The molecule has 0 aliphatic carbocycles. The zero-order valence-electron chi connectivity index (χ0n) is 18.4. The standard InChI is InChI=1S/C25H21FN2O.C2H6/c1-16-12-23-24(19-6-4-18(5-7-19)17(2)29)15-28(22-10-8-21(26)9-11-22)25(23)13-20(16)14-27-3;1-2/h4-15,29H,2H2,1,3H3;1-2H3. The second-order valence-corrected chi connectivity index (χ2v) is 7.03. The van der Waals surface area contributed by atoms with Gasteiger partial charge in [-0.1, -0.05) is 44.7 Å². The van der Waals surface area contributed by atoms with Crippen molar-refractivity contribution in [2.45, 2.75) is 20.8 Å². The van der Waals surface area contributed by atoms with E-state index in [1.54, 1.807) is 19.2 Å². The number of hydrogen-bond donors (Lipinski definition) is 1. The highest BCUT2D eigenvalue weighted by atomic mass is 19.1. The van der Waals surface area contributed by atoms with Crippen molar-refractivity contribution in [1.82, 2.24) is 4.57 Å². The van der Waals surface area contributed by atoms with E-state index in [1.807, 2.05) is 44.3 Å². The highest BCUT2D eigenvalue weighted by Gasteiger charge is 2.14. The number of rotatable bonds is 4. The highest BCUT2D eigenvalue weighted by molar-refractivity contribution is 6.00. The fourth-order valence-electron chi connectivity index (χ4n) is 3.56. The third-order valence-corrected chi connectivity index (χ3v) is 5.09. The van der Waals surface area contributed by atoms with Crippen molar-refractivity contribution in [3.63, 3.8) is 0 Å². The minimum Gasteiger partial charge on any atom is -0.508 e. The Morgan fingerprint density at radius 3 is 2.26 bits per heavy atom. The summed E-state index contributed by atoms with van der Waals surface area (Å²) in [5.74, 6) is -0.218. The molecule has 0 aliphatic heterocycles. The first-order valence-corrected chi connectivity index (χ1v) is 10.3. The number of halogens is 1. The molecule has 0 fully saturated rings. The molecule has 1 N–H and O–H groups in total. The van der Waals surface area contributed by atoms with Gasteiger partial charge in [0.05, 0.1) is 5.52 Å². The number of benzene rings is 3. The minimum atomic E-state index is -0.264. The number of hydrogen-bond acceptors (Lipinski definition) is 2. The van der Waals surface area contributed by atoms with Gasteiger partial charge in [-0.15, -0.1) is 0 Å². The lowest BCUT2D eigenvalue weighted by molar-refractivity contribution is 0.514. The molecule has 4 heteroatoms. The van der Waals surface area contributed by atoms with Crippen LogP contribution in [0.25, 0.3) is 33.5 Å². The number of nitrogens with zero attached hydrogens (tertiary/aromatic N) is 2. The zero-order chi connectivity index (χ0) is 22.5. The summed E-state index contributed by atoms with van der Waals surface area (Å²) in [6, 6.07) is 18.4. The highest BCUT2D eigenvalue weighted by Crippen LogP contribution is 2.34. The molecule has 158 valence electrons. The molecule has 3 nitrogen and oxygen atoms in total. The summed E-state index contributed by atoms with van der Waals surface area (Å²) >= 11 is 0. The molecule has 4 rings (SSSR count). The predicted octanol–water partition coefficient (Wildman–Crippen LogP) is 7.35. The van der Waals surface area contributed by atoms with Gasteiger partial charge in [-0.3, -0.25) is 4.99 Å². The maximum absolute atomic E-state index is 13.5. The lowest BCUT2D eigenvalue weighted by atomic mass is 10.00. The van der Waals surface area contributed by atoms with Gasteiger partial charge in [-0.2, -0.15) is 0 Å². The van der Waals surface area contributed by atoms with E-state index in [-0.39, 0.29) is 11.6 Å². The third kappa shape index (κ3) is 4.43. The Morgan fingerprint density at radius 1 is 1.03 bits per heavy atom. The van der Waals surface area contributed by atoms with Gasteiger partial charge in [0, 0.05) is 41.7 Å². The van der Waals surface area contributed by atoms with Gasteiger partial charge >= 0.3 is 0 Å². The number of aromatic nitrogens is 1. The lowest BCUT2D eigenvalue weighted by Gasteiger charge is -2.07. The first-order valence-electron chi connectivity index (χ1n) is 10.3. The van der Waals surface area contributed by atoms with Crippen LogP contribution < -0.4 is 0 Å². The predicted molar refractivity (Wildman–Crippen MR) is 130 cm³/mol. The largest absolute Gasteiger partial charge is 0.508 e. The Bertz CT molecular complexity index is 1230. The molecule has 0 radical (unpaired) electrons. The summed E-state index contributed by atoms with van der Waals surface area (Å²) in [6.07, 6.45) is 3.91. The van der Waals surface area contributed by atoms with Crippen molar-refractivity contribution in [2.24, 2.45) is 4.99 Å². The summed E-state index contributed by atoms with van der Waals surface area (Å²) in [5.41, 5.74) is 6.84. The Kier molecular flexibility index (Phi) is 6.71. The molecular weight excluding hydrogens is 387 g/mol. The first kappa shape index (κ1) is 22.0. The smallest absolute Gasteiger partial charge is 0.123 e. The molecule has 0 amide bonds. The third-order valence-electron chi connectivity index (χ3n) is 5.09. The molecule has 0 atom stereocenters. The molecule has 0 bridgehead atoms. The zero-order valence-corrected chi connectivity index (χ0v) is 18.4. The Labute approximate surface area is 182 Å². The van der Waals surface area contributed by atoms with E-state index < -0.39 is 0 Å². The van der Waals surface area contributed by atoms with E-state index in [0.717, 1.165) is 38.8 Å². The molecule has 0 aliphatic rings. The van der Waals surface area contributed by atoms with E-state index >= 15 is 0 Å². The van der Waals surface area contributed by atoms with Crippen LogP contribution >= 0.6 is 0 Å². The number of fused-ring (bicyclic) bond motifs is 1. The fraction of sp³-hybridized carbons (Fsp3) is 0.148. The van der Waals surface area contributed by atoms with Gasteiger partial charge in [0.15, 0.2) is 0 Å². The van der Waals surface area contributed by atoms with Crippen molar-refractivity contribution in [3.05, 3.63) is 95.9 Å². The monoisotopic (exact) mass is 414 g/mol. The number of aliphatic hydroxyl groups is 1. The summed E-state index contributed by atoms with van der Waals surface area (Å²) in [5, 5.41) is 10.7. The molecular formula is C27H27FN2O. The molecule has 0 unspecified atom stereocenters. The maximum atomic E-state index is 13.5. The van der Waals surface area contributed by atoms with Gasteiger partial charge in [0.1, 0.15) is 11.6 Å². The van der Waals surface area contributed by atoms with Crippen LogP contribution in [-0.2, 0) is 0 Å². The van der Waals surface area contributed by atoms with E-state index in [9.17, 15) is 9.50 Å². The van der Waals surface area contributed by atoms with Crippen LogP contribution in [0.1, 0.15) is 30.5 Å². The molecule has 3 aromatic carbocycles. The van der Waals surface area contributed by atoms with Crippen LogP contribution in [0.2, 0.25) is 0 Å². The van der Waals surface area contributed by atoms with Crippen molar-refractivity contribution in [2.75, 3.05) is 7.05 Å². The average Bonchev–Trinajstić information content (AvgIpc) is 3.14. The second-order valence-electron chi connectivity index (χ2n) is 7.03. The van der Waals surface area contributed by atoms with Gasteiger partial charge in [0.25, 0.3) is 0 Å². The van der Waals surface area contributed by atoms with Crippen LogP contribution in [0, 0.1) is 12.7 Å². The normalized spacial score (nSPS) is 10.9. The molecule has 4 aromatic rings. The topological polar surface area (TPSA) is 37.5 Å². The Hall–Kier alpha value is -3.66. The van der Waals surface area contributed by atoms with Crippen LogP contribution in [0.4, 0.5) is 4.39 Å². The van der Waals surface area contributed by atoms with E-state index in [2.05, 4.69) is 41.4 Å². The molecule has 31 heavy (non-hydrogen) atoms.